The van der Waals surface area contributed by atoms with Crippen LogP contribution in [0.15, 0.2) is 0 Å². The highest BCUT2D eigenvalue weighted by molar-refractivity contribution is 5.79. The van der Waals surface area contributed by atoms with Crippen LogP contribution in [0, 0.1) is 17.8 Å². The Morgan fingerprint density at radius 2 is 1.57 bits per heavy atom. The minimum Gasteiger partial charge on any atom is -0.350 e. The summed E-state index contributed by atoms with van der Waals surface area (Å²) in [5.74, 6) is 2.92. The van der Waals surface area contributed by atoms with Gasteiger partial charge in [-0.05, 0) is 82.2 Å². The third kappa shape index (κ3) is 2.98. The third-order valence-electron chi connectivity index (χ3n) is 6.33. The van der Waals surface area contributed by atoms with E-state index in [4.69, 9.17) is 0 Å². The number of rotatable bonds is 4. The van der Waals surface area contributed by atoms with Crippen LogP contribution in [0.3, 0.4) is 0 Å². The van der Waals surface area contributed by atoms with Gasteiger partial charge < -0.3 is 16.0 Å². The molecular formula is C17H29N3O. The quantitative estimate of drug-likeness (QED) is 0.734. The molecule has 5 rings (SSSR count). The Labute approximate surface area is 127 Å². The smallest absolute Gasteiger partial charge is 0.234 e. The molecule has 0 radical (unpaired) electrons. The van der Waals surface area contributed by atoms with Gasteiger partial charge in [0.1, 0.15) is 0 Å². The first-order chi connectivity index (χ1) is 10.2. The number of hydrogen-bond acceptors (Lipinski definition) is 3. The van der Waals surface area contributed by atoms with Crippen LogP contribution in [0.25, 0.3) is 0 Å². The van der Waals surface area contributed by atoms with E-state index in [0.717, 1.165) is 43.7 Å². The lowest BCUT2D eigenvalue weighted by Crippen LogP contribution is -2.61. The average molecular weight is 291 g/mol. The Hall–Kier alpha value is -0.610. The molecule has 1 saturated heterocycles. The largest absolute Gasteiger partial charge is 0.350 e. The number of carbonyl (C=O) groups excluding carboxylic acids is 1. The number of amides is 1. The first kappa shape index (κ1) is 14.0. The van der Waals surface area contributed by atoms with Crippen LogP contribution in [-0.2, 0) is 4.79 Å². The van der Waals surface area contributed by atoms with Crippen molar-refractivity contribution in [2.24, 2.45) is 17.8 Å². The van der Waals surface area contributed by atoms with Gasteiger partial charge in [-0.3, -0.25) is 4.79 Å². The van der Waals surface area contributed by atoms with Crippen LogP contribution >= 0.6 is 0 Å². The lowest BCUT2D eigenvalue weighted by Gasteiger charge is -2.56. The highest BCUT2D eigenvalue weighted by atomic mass is 16.2. The van der Waals surface area contributed by atoms with Crippen LogP contribution in [0.5, 0.6) is 0 Å². The number of nitrogens with one attached hydrogen (secondary N) is 3. The molecule has 0 atom stereocenters. The highest BCUT2D eigenvalue weighted by Gasteiger charge is 2.51. The van der Waals surface area contributed by atoms with E-state index in [-0.39, 0.29) is 11.4 Å². The summed E-state index contributed by atoms with van der Waals surface area (Å²) in [7, 11) is 0. The molecular weight excluding hydrogens is 262 g/mol. The molecule has 0 aromatic heterocycles. The average Bonchev–Trinajstić information content (AvgIpc) is 2.44. The maximum absolute atomic E-state index is 12.4. The first-order valence-corrected chi connectivity index (χ1v) is 8.96. The second-order valence-electron chi connectivity index (χ2n) is 8.15. The molecule has 0 spiro atoms. The minimum absolute atomic E-state index is 0.168. The highest BCUT2D eigenvalue weighted by Crippen LogP contribution is 2.55. The van der Waals surface area contributed by atoms with E-state index in [2.05, 4.69) is 16.0 Å². The van der Waals surface area contributed by atoms with Crippen molar-refractivity contribution in [1.82, 2.24) is 16.0 Å². The Bertz CT molecular complexity index is 368. The molecule has 0 aromatic rings. The van der Waals surface area contributed by atoms with Gasteiger partial charge in [-0.2, -0.15) is 0 Å². The van der Waals surface area contributed by atoms with Crippen molar-refractivity contribution in [3.05, 3.63) is 0 Å². The van der Waals surface area contributed by atoms with Crippen molar-refractivity contribution in [3.63, 3.8) is 0 Å². The summed E-state index contributed by atoms with van der Waals surface area (Å²) in [6.45, 7) is 2.66. The number of hydrogen-bond donors (Lipinski definition) is 3. The molecule has 4 nitrogen and oxygen atoms in total. The van der Waals surface area contributed by atoms with Gasteiger partial charge in [-0.25, -0.2) is 0 Å². The van der Waals surface area contributed by atoms with Gasteiger partial charge in [-0.1, -0.05) is 0 Å². The summed E-state index contributed by atoms with van der Waals surface area (Å²) in [4.78, 5) is 12.4. The van der Waals surface area contributed by atoms with Gasteiger partial charge in [0, 0.05) is 11.6 Å². The van der Waals surface area contributed by atoms with Gasteiger partial charge in [-0.15, -0.1) is 0 Å². The molecule has 21 heavy (non-hydrogen) atoms. The molecule has 118 valence electrons. The topological polar surface area (TPSA) is 53.2 Å². The second kappa shape index (κ2) is 5.54. The van der Waals surface area contributed by atoms with Crippen molar-refractivity contribution in [2.75, 3.05) is 19.6 Å². The first-order valence-electron chi connectivity index (χ1n) is 8.96. The summed E-state index contributed by atoms with van der Waals surface area (Å²) in [5.41, 5.74) is 0.168. The molecule has 5 fully saturated rings. The fraction of sp³-hybridized carbons (Fsp3) is 0.941. The molecule has 4 saturated carbocycles. The van der Waals surface area contributed by atoms with Crippen molar-refractivity contribution >= 4 is 5.91 Å². The van der Waals surface area contributed by atoms with Gasteiger partial charge in [0.05, 0.1) is 6.54 Å². The van der Waals surface area contributed by atoms with Crippen LogP contribution < -0.4 is 16.0 Å². The van der Waals surface area contributed by atoms with Gasteiger partial charge >= 0.3 is 0 Å². The summed E-state index contributed by atoms with van der Waals surface area (Å²) >= 11 is 0. The normalized spacial score (nSPS) is 42.2. The van der Waals surface area contributed by atoms with Gasteiger partial charge in [0.25, 0.3) is 0 Å². The maximum atomic E-state index is 12.4. The lowest BCUT2D eigenvalue weighted by atomic mass is 9.53. The zero-order valence-corrected chi connectivity index (χ0v) is 13.0. The molecule has 4 aliphatic carbocycles. The summed E-state index contributed by atoms with van der Waals surface area (Å²) in [6, 6.07) is 0.522. The van der Waals surface area contributed by atoms with Crippen molar-refractivity contribution < 1.29 is 4.79 Å². The second-order valence-corrected chi connectivity index (χ2v) is 8.15. The number of carbonyl (C=O) groups is 1. The van der Waals surface area contributed by atoms with Crippen molar-refractivity contribution in [2.45, 2.75) is 62.9 Å². The van der Waals surface area contributed by atoms with Crippen LogP contribution in [0.4, 0.5) is 0 Å². The Morgan fingerprint density at radius 1 is 1.00 bits per heavy atom. The summed E-state index contributed by atoms with van der Waals surface area (Å²) < 4.78 is 0. The van der Waals surface area contributed by atoms with E-state index in [0.29, 0.717) is 12.6 Å². The SMILES string of the molecule is O=C(CNC1CCNCC1)NC12CC3CC(CC(C3)C1)C2. The molecule has 1 amide bonds. The van der Waals surface area contributed by atoms with Crippen LogP contribution in [-0.4, -0.2) is 37.1 Å². The monoisotopic (exact) mass is 291 g/mol. The van der Waals surface area contributed by atoms with E-state index in [1.807, 2.05) is 0 Å². The predicted molar refractivity (Wildman–Crippen MR) is 82.9 cm³/mol. The molecule has 4 heteroatoms. The van der Waals surface area contributed by atoms with Crippen molar-refractivity contribution in [3.8, 4) is 0 Å². The Kier molecular flexibility index (Phi) is 3.70. The molecule has 1 heterocycles. The van der Waals surface area contributed by atoms with Crippen LogP contribution in [0.2, 0.25) is 0 Å². The molecule has 3 N–H and O–H groups in total. The van der Waals surface area contributed by atoms with Gasteiger partial charge in [0.15, 0.2) is 0 Å². The van der Waals surface area contributed by atoms with Gasteiger partial charge in [0.2, 0.25) is 5.91 Å². The zero-order chi connectivity index (χ0) is 14.3. The summed E-state index contributed by atoms with van der Waals surface area (Å²) in [6.07, 6.45) is 10.3. The Morgan fingerprint density at radius 3 is 2.14 bits per heavy atom. The molecule has 4 bridgehead atoms. The third-order valence-corrected chi connectivity index (χ3v) is 6.33. The predicted octanol–water partition coefficient (Wildman–Crippen LogP) is 1.41. The number of piperidine rings is 1. The van der Waals surface area contributed by atoms with E-state index >= 15 is 0 Å². The van der Waals surface area contributed by atoms with E-state index in [1.165, 1.54) is 38.5 Å². The van der Waals surface area contributed by atoms with Crippen molar-refractivity contribution in [1.29, 1.82) is 0 Å². The van der Waals surface area contributed by atoms with Crippen LogP contribution in [0.1, 0.15) is 51.4 Å². The Balaban J connectivity index is 1.30. The van der Waals surface area contributed by atoms with E-state index in [1.54, 1.807) is 0 Å². The fourth-order valence-corrected chi connectivity index (χ4v) is 5.87. The fourth-order valence-electron chi connectivity index (χ4n) is 5.87. The standard InChI is InChI=1S/C17H29N3O/c21-16(11-19-15-1-3-18-4-2-15)20-17-8-12-5-13(9-17)7-14(6-12)10-17/h12-15,18-19H,1-11H2,(H,20,21). The van der Waals surface area contributed by atoms with E-state index < -0.39 is 0 Å². The zero-order valence-electron chi connectivity index (χ0n) is 13.0. The lowest BCUT2D eigenvalue weighted by molar-refractivity contribution is -0.126. The minimum atomic E-state index is 0.168. The maximum Gasteiger partial charge on any atom is 0.234 e. The molecule has 0 aromatic carbocycles. The molecule has 0 unspecified atom stereocenters. The van der Waals surface area contributed by atoms with E-state index in [9.17, 15) is 4.79 Å². The molecule has 1 aliphatic heterocycles. The summed E-state index contributed by atoms with van der Waals surface area (Å²) in [5, 5.41) is 10.3. The molecule has 5 aliphatic rings.